The Bertz CT molecular complexity index is 780. The molecule has 7 heteroatoms. The molecule has 2 heterocycles. The van der Waals surface area contributed by atoms with Crippen molar-refractivity contribution in [2.24, 2.45) is 0 Å². The molecule has 28 heavy (non-hydrogen) atoms. The van der Waals surface area contributed by atoms with Crippen LogP contribution in [0.25, 0.3) is 0 Å². The van der Waals surface area contributed by atoms with E-state index in [9.17, 15) is 4.79 Å². The van der Waals surface area contributed by atoms with Gasteiger partial charge in [-0.25, -0.2) is 4.79 Å². The van der Waals surface area contributed by atoms with Gasteiger partial charge in [0.15, 0.2) is 5.69 Å². The normalized spacial score (nSPS) is 14.8. The summed E-state index contributed by atoms with van der Waals surface area (Å²) >= 11 is 0. The van der Waals surface area contributed by atoms with Crippen LogP contribution in [0.4, 0.5) is 0 Å². The van der Waals surface area contributed by atoms with Gasteiger partial charge in [0.1, 0.15) is 5.75 Å². The number of nitrogens with zero attached hydrogens (tertiary/aromatic N) is 3. The molecule has 0 saturated carbocycles. The highest BCUT2D eigenvalue weighted by atomic mass is 16.5. The minimum Gasteiger partial charge on any atom is -0.497 e. The number of methoxy groups -OCH3 is 1. The van der Waals surface area contributed by atoms with Crippen LogP contribution in [0.15, 0.2) is 24.3 Å². The standard InChI is InChI=1S/C21H29N3O4/c1-4-28-21(25)20-16(2)19(9-10-23-11-13-27-14-12-23)24(22-20)15-17-5-7-18(26-3)8-6-17/h5-8H,4,9-15H2,1-3H3. The summed E-state index contributed by atoms with van der Waals surface area (Å²) in [6.07, 6.45) is 0.828. The molecule has 0 bridgehead atoms. The van der Waals surface area contributed by atoms with Gasteiger partial charge < -0.3 is 14.2 Å². The fourth-order valence-electron chi connectivity index (χ4n) is 3.42. The Kier molecular flexibility index (Phi) is 7.06. The number of esters is 1. The lowest BCUT2D eigenvalue weighted by Crippen LogP contribution is -2.37. The van der Waals surface area contributed by atoms with E-state index in [2.05, 4.69) is 10.00 Å². The van der Waals surface area contributed by atoms with Crippen LogP contribution in [0.2, 0.25) is 0 Å². The Balaban J connectivity index is 1.82. The first-order valence-electron chi connectivity index (χ1n) is 9.78. The lowest BCUT2D eigenvalue weighted by Gasteiger charge is -2.26. The van der Waals surface area contributed by atoms with Crippen LogP contribution in [0.3, 0.4) is 0 Å². The van der Waals surface area contributed by atoms with Crippen LogP contribution in [0.5, 0.6) is 5.75 Å². The molecule has 0 amide bonds. The van der Waals surface area contributed by atoms with Gasteiger partial charge in [0.05, 0.1) is 33.5 Å². The number of benzene rings is 1. The van der Waals surface area contributed by atoms with Gasteiger partial charge in [-0.05, 0) is 31.5 Å². The zero-order chi connectivity index (χ0) is 19.9. The van der Waals surface area contributed by atoms with Crippen molar-refractivity contribution >= 4 is 5.97 Å². The molecule has 1 aliphatic rings. The summed E-state index contributed by atoms with van der Waals surface area (Å²) in [6, 6.07) is 7.91. The van der Waals surface area contributed by atoms with Crippen LogP contribution in [0, 0.1) is 6.92 Å². The van der Waals surface area contributed by atoms with Gasteiger partial charge in [0, 0.05) is 37.3 Å². The maximum Gasteiger partial charge on any atom is 0.359 e. The smallest absolute Gasteiger partial charge is 0.359 e. The first-order valence-corrected chi connectivity index (χ1v) is 9.78. The summed E-state index contributed by atoms with van der Waals surface area (Å²) in [4.78, 5) is 14.7. The Morgan fingerprint density at radius 2 is 1.93 bits per heavy atom. The monoisotopic (exact) mass is 387 g/mol. The molecule has 0 N–H and O–H groups in total. The molecule has 1 fully saturated rings. The van der Waals surface area contributed by atoms with Crippen LogP contribution < -0.4 is 4.74 Å². The highest BCUT2D eigenvalue weighted by Gasteiger charge is 2.22. The second kappa shape index (κ2) is 9.71. The third-order valence-electron chi connectivity index (χ3n) is 5.05. The maximum atomic E-state index is 12.3. The quantitative estimate of drug-likeness (QED) is 0.648. The van der Waals surface area contributed by atoms with E-state index >= 15 is 0 Å². The average molecular weight is 387 g/mol. The highest BCUT2D eigenvalue weighted by Crippen LogP contribution is 2.19. The third-order valence-corrected chi connectivity index (χ3v) is 5.05. The molecule has 0 aliphatic carbocycles. The van der Waals surface area contributed by atoms with Crippen molar-refractivity contribution in [1.29, 1.82) is 0 Å². The number of hydrogen-bond donors (Lipinski definition) is 0. The molecule has 1 saturated heterocycles. The molecule has 7 nitrogen and oxygen atoms in total. The van der Waals surface area contributed by atoms with Gasteiger partial charge in [0.2, 0.25) is 0 Å². The molecule has 0 atom stereocenters. The average Bonchev–Trinajstić information content (AvgIpc) is 3.03. The summed E-state index contributed by atoms with van der Waals surface area (Å²) < 4.78 is 17.8. The zero-order valence-electron chi connectivity index (χ0n) is 16.9. The molecule has 1 aliphatic heterocycles. The van der Waals surface area contributed by atoms with Gasteiger partial charge in [0.25, 0.3) is 0 Å². The Labute approximate surface area is 166 Å². The Hall–Kier alpha value is -2.38. The predicted molar refractivity (Wildman–Crippen MR) is 106 cm³/mol. The minimum atomic E-state index is -0.360. The maximum absolute atomic E-state index is 12.3. The van der Waals surface area contributed by atoms with Gasteiger partial charge >= 0.3 is 5.97 Å². The number of ether oxygens (including phenoxy) is 3. The molecule has 3 rings (SSSR count). The fourth-order valence-corrected chi connectivity index (χ4v) is 3.42. The zero-order valence-corrected chi connectivity index (χ0v) is 16.9. The van der Waals surface area contributed by atoms with Gasteiger partial charge in [-0.3, -0.25) is 9.58 Å². The molecule has 2 aromatic rings. The SMILES string of the molecule is CCOC(=O)c1nn(Cc2ccc(OC)cc2)c(CCN2CCOCC2)c1C. The molecule has 1 aromatic carbocycles. The van der Waals surface area contributed by atoms with E-state index in [0.717, 1.165) is 61.8 Å². The lowest BCUT2D eigenvalue weighted by atomic mass is 10.1. The second-order valence-electron chi connectivity index (χ2n) is 6.85. The Morgan fingerprint density at radius 1 is 1.21 bits per heavy atom. The number of rotatable bonds is 8. The predicted octanol–water partition coefficient (Wildman–Crippen LogP) is 2.30. The van der Waals surface area contributed by atoms with Crippen molar-refractivity contribution in [3.63, 3.8) is 0 Å². The summed E-state index contributed by atoms with van der Waals surface area (Å²) in [5.41, 5.74) is 3.49. The summed E-state index contributed by atoms with van der Waals surface area (Å²) in [6.45, 7) is 9.05. The lowest BCUT2D eigenvalue weighted by molar-refractivity contribution is 0.0382. The van der Waals surface area contributed by atoms with Crippen molar-refractivity contribution in [1.82, 2.24) is 14.7 Å². The summed E-state index contributed by atoms with van der Waals surface area (Å²) in [7, 11) is 1.65. The number of hydrogen-bond acceptors (Lipinski definition) is 6. The highest BCUT2D eigenvalue weighted by molar-refractivity contribution is 5.89. The molecular formula is C21H29N3O4. The van der Waals surface area contributed by atoms with Crippen LogP contribution in [-0.2, 0) is 22.4 Å². The van der Waals surface area contributed by atoms with Crippen LogP contribution >= 0.6 is 0 Å². The van der Waals surface area contributed by atoms with E-state index in [1.807, 2.05) is 35.9 Å². The van der Waals surface area contributed by atoms with E-state index < -0.39 is 0 Å². The van der Waals surface area contributed by atoms with Crippen molar-refractivity contribution in [3.8, 4) is 5.75 Å². The topological polar surface area (TPSA) is 65.8 Å². The van der Waals surface area contributed by atoms with Crippen molar-refractivity contribution < 1.29 is 19.0 Å². The summed E-state index contributed by atoms with van der Waals surface area (Å²) in [5, 5.41) is 4.60. The first kappa shape index (κ1) is 20.4. The molecule has 1 aromatic heterocycles. The second-order valence-corrected chi connectivity index (χ2v) is 6.85. The summed E-state index contributed by atoms with van der Waals surface area (Å²) in [5.74, 6) is 0.459. The van der Waals surface area contributed by atoms with Gasteiger partial charge in [-0.1, -0.05) is 12.1 Å². The first-order chi connectivity index (χ1) is 13.6. The van der Waals surface area contributed by atoms with Crippen molar-refractivity contribution in [2.75, 3.05) is 46.6 Å². The molecule has 0 spiro atoms. The minimum absolute atomic E-state index is 0.340. The third kappa shape index (κ3) is 4.91. The largest absolute Gasteiger partial charge is 0.497 e. The molecule has 0 radical (unpaired) electrons. The number of aromatic nitrogens is 2. The van der Waals surface area contributed by atoms with E-state index in [1.165, 1.54) is 0 Å². The van der Waals surface area contributed by atoms with E-state index in [0.29, 0.717) is 18.8 Å². The Morgan fingerprint density at radius 3 is 2.57 bits per heavy atom. The van der Waals surface area contributed by atoms with Crippen LogP contribution in [-0.4, -0.2) is 67.2 Å². The molecular weight excluding hydrogens is 358 g/mol. The van der Waals surface area contributed by atoms with Gasteiger partial charge in [-0.15, -0.1) is 0 Å². The van der Waals surface area contributed by atoms with Crippen molar-refractivity contribution in [2.45, 2.75) is 26.8 Å². The van der Waals surface area contributed by atoms with Crippen LogP contribution in [0.1, 0.15) is 34.2 Å². The molecule has 152 valence electrons. The van der Waals surface area contributed by atoms with E-state index in [1.54, 1.807) is 14.0 Å². The number of carbonyl (C=O) groups excluding carboxylic acids is 1. The number of carbonyl (C=O) groups is 1. The fraction of sp³-hybridized carbons (Fsp3) is 0.524. The van der Waals surface area contributed by atoms with Crippen molar-refractivity contribution in [3.05, 3.63) is 46.8 Å². The van der Waals surface area contributed by atoms with Gasteiger partial charge in [-0.2, -0.15) is 5.10 Å². The molecule has 0 unspecified atom stereocenters. The van der Waals surface area contributed by atoms with E-state index in [-0.39, 0.29) is 5.97 Å². The number of morpholine rings is 1. The van der Waals surface area contributed by atoms with E-state index in [4.69, 9.17) is 14.2 Å².